The summed E-state index contributed by atoms with van der Waals surface area (Å²) >= 11 is 0. The zero-order valence-electron chi connectivity index (χ0n) is 18.7. The van der Waals surface area contributed by atoms with Gasteiger partial charge in [-0.05, 0) is 43.4 Å². The minimum Gasteiger partial charge on any atom is -0.494 e. The number of nitrogens with zero attached hydrogens (tertiary/aromatic N) is 2. The van der Waals surface area contributed by atoms with Crippen molar-refractivity contribution in [2.24, 2.45) is 5.92 Å². The van der Waals surface area contributed by atoms with E-state index in [0.717, 1.165) is 41.2 Å². The van der Waals surface area contributed by atoms with E-state index in [2.05, 4.69) is 15.5 Å². The first-order valence-electron chi connectivity index (χ1n) is 11.2. The van der Waals surface area contributed by atoms with Crippen LogP contribution in [0.3, 0.4) is 0 Å². The van der Waals surface area contributed by atoms with Gasteiger partial charge in [-0.15, -0.1) is 0 Å². The van der Waals surface area contributed by atoms with Crippen LogP contribution in [0.15, 0.2) is 42.5 Å². The number of anilines is 1. The van der Waals surface area contributed by atoms with Crippen LogP contribution < -0.4 is 25.0 Å². The average molecular weight is 451 g/mol. The van der Waals surface area contributed by atoms with Crippen molar-refractivity contribution in [1.82, 2.24) is 15.6 Å². The van der Waals surface area contributed by atoms with Gasteiger partial charge in [-0.25, -0.2) is 9.37 Å². The maximum Gasteiger partial charge on any atom is 0.220 e. The molecule has 2 aliphatic heterocycles. The number of amides is 1. The van der Waals surface area contributed by atoms with Gasteiger partial charge in [-0.3, -0.25) is 4.79 Å². The number of aromatic nitrogens is 1. The van der Waals surface area contributed by atoms with Gasteiger partial charge in [0.25, 0.3) is 0 Å². The number of likely N-dealkylation sites (N-methyl/N-ethyl adjacent to an activating group) is 1. The third-order valence-corrected chi connectivity index (χ3v) is 6.41. The van der Waals surface area contributed by atoms with E-state index in [9.17, 15) is 9.18 Å². The Hall–Kier alpha value is -3.39. The van der Waals surface area contributed by atoms with Gasteiger partial charge in [0, 0.05) is 54.7 Å². The lowest BCUT2D eigenvalue weighted by atomic mass is 10.1. The van der Waals surface area contributed by atoms with E-state index in [1.165, 1.54) is 13.2 Å². The van der Waals surface area contributed by atoms with Crippen molar-refractivity contribution >= 4 is 22.5 Å². The number of pyridine rings is 1. The molecule has 0 aliphatic carbocycles. The molecular weight excluding hydrogens is 423 g/mol. The summed E-state index contributed by atoms with van der Waals surface area (Å²) in [6.45, 7) is 2.80. The number of ether oxygens (including phenoxy) is 2. The van der Waals surface area contributed by atoms with Crippen LogP contribution in [0.5, 0.6) is 11.5 Å². The molecule has 172 valence electrons. The van der Waals surface area contributed by atoms with Gasteiger partial charge < -0.3 is 25.0 Å². The first kappa shape index (κ1) is 21.5. The molecule has 2 atom stereocenters. The van der Waals surface area contributed by atoms with Crippen LogP contribution in [0.2, 0.25) is 0 Å². The lowest BCUT2D eigenvalue weighted by molar-refractivity contribution is -0.119. The topological polar surface area (TPSA) is 75.7 Å². The van der Waals surface area contributed by atoms with Crippen molar-refractivity contribution in [2.75, 3.05) is 45.3 Å². The second kappa shape index (κ2) is 8.86. The Balaban J connectivity index is 1.53. The molecule has 2 fully saturated rings. The minimum atomic E-state index is -0.420. The fraction of sp³-hybridized carbons (Fsp3) is 0.360. The smallest absolute Gasteiger partial charge is 0.220 e. The summed E-state index contributed by atoms with van der Waals surface area (Å²) in [4.78, 5) is 18.8. The molecule has 3 heterocycles. The van der Waals surface area contributed by atoms with Gasteiger partial charge in [0.05, 0.1) is 24.4 Å². The first-order valence-corrected chi connectivity index (χ1v) is 11.2. The molecule has 2 N–H and O–H groups in total. The molecule has 2 aromatic carbocycles. The predicted octanol–water partition coefficient (Wildman–Crippen LogP) is 2.97. The standard InChI is InChI=1S/C25H27FN4O3/c1-27-7-8-33-17-5-3-15(4-6-17)20-11-23(30-13-16-9-25(31)29-22(16)14-30)18-10-19(26)24(32-2)12-21(18)28-20/h3-6,10-12,16,22,27H,7-9,13-14H2,1-2H3,(H,29,31)/t16-,22+/m0/s1. The van der Waals surface area contributed by atoms with Crippen LogP contribution in [0.25, 0.3) is 22.2 Å². The molecule has 1 aromatic heterocycles. The molecule has 3 aromatic rings. The molecule has 2 saturated heterocycles. The van der Waals surface area contributed by atoms with Crippen molar-refractivity contribution in [3.8, 4) is 22.8 Å². The van der Waals surface area contributed by atoms with E-state index in [-0.39, 0.29) is 23.6 Å². The van der Waals surface area contributed by atoms with E-state index in [1.807, 2.05) is 37.4 Å². The number of carbonyl (C=O) groups is 1. The summed E-state index contributed by atoms with van der Waals surface area (Å²) in [5, 5.41) is 6.85. The fourth-order valence-electron chi connectivity index (χ4n) is 4.71. The predicted molar refractivity (Wildman–Crippen MR) is 125 cm³/mol. The number of halogens is 1. The number of carbonyl (C=O) groups excluding carboxylic acids is 1. The summed E-state index contributed by atoms with van der Waals surface area (Å²) in [6.07, 6.45) is 0.536. The van der Waals surface area contributed by atoms with Crippen molar-refractivity contribution in [1.29, 1.82) is 0 Å². The van der Waals surface area contributed by atoms with Gasteiger partial charge >= 0.3 is 0 Å². The van der Waals surface area contributed by atoms with Crippen molar-refractivity contribution < 1.29 is 18.7 Å². The van der Waals surface area contributed by atoms with Gasteiger partial charge in [-0.2, -0.15) is 0 Å². The van der Waals surface area contributed by atoms with Gasteiger partial charge in [0.2, 0.25) is 5.91 Å². The number of benzene rings is 2. The second-order valence-corrected chi connectivity index (χ2v) is 8.55. The monoisotopic (exact) mass is 450 g/mol. The quantitative estimate of drug-likeness (QED) is 0.539. The Morgan fingerprint density at radius 2 is 2.03 bits per heavy atom. The molecule has 5 rings (SSSR count). The van der Waals surface area contributed by atoms with E-state index < -0.39 is 5.82 Å². The third-order valence-electron chi connectivity index (χ3n) is 6.41. The number of methoxy groups -OCH3 is 1. The average Bonchev–Trinajstić information content (AvgIpc) is 3.36. The summed E-state index contributed by atoms with van der Waals surface area (Å²) in [5.41, 5.74) is 3.30. The molecule has 2 aliphatic rings. The second-order valence-electron chi connectivity index (χ2n) is 8.55. The third kappa shape index (κ3) is 4.18. The lowest BCUT2D eigenvalue weighted by Crippen LogP contribution is -2.32. The number of hydrogen-bond donors (Lipinski definition) is 2. The molecule has 1 amide bonds. The van der Waals surface area contributed by atoms with Crippen molar-refractivity contribution in [3.05, 3.63) is 48.3 Å². The minimum absolute atomic E-state index is 0.109. The SMILES string of the molecule is CNCCOc1ccc(-c2cc(N3C[C@@H]4CC(=O)N[C@@H]4C3)c3cc(F)c(OC)cc3n2)cc1. The van der Waals surface area contributed by atoms with E-state index in [4.69, 9.17) is 14.5 Å². The number of rotatable bonds is 7. The van der Waals surface area contributed by atoms with Crippen LogP contribution in [0.1, 0.15) is 6.42 Å². The van der Waals surface area contributed by atoms with Crippen LogP contribution in [0.4, 0.5) is 10.1 Å². The fourth-order valence-corrected chi connectivity index (χ4v) is 4.71. The van der Waals surface area contributed by atoms with Crippen LogP contribution >= 0.6 is 0 Å². The molecule has 0 saturated carbocycles. The van der Waals surface area contributed by atoms with E-state index >= 15 is 0 Å². The van der Waals surface area contributed by atoms with Crippen LogP contribution in [-0.4, -0.2) is 57.3 Å². The zero-order chi connectivity index (χ0) is 22.9. The van der Waals surface area contributed by atoms with Gasteiger partial charge in [0.1, 0.15) is 12.4 Å². The van der Waals surface area contributed by atoms with Gasteiger partial charge in [-0.1, -0.05) is 0 Å². The normalized spacial score (nSPS) is 19.6. The van der Waals surface area contributed by atoms with Crippen molar-refractivity contribution in [3.63, 3.8) is 0 Å². The van der Waals surface area contributed by atoms with Crippen LogP contribution in [0, 0.1) is 11.7 Å². The molecule has 0 spiro atoms. The molecule has 0 bridgehead atoms. The molecule has 7 nitrogen and oxygen atoms in total. The van der Waals surface area contributed by atoms with Gasteiger partial charge in [0.15, 0.2) is 11.6 Å². The molecule has 0 radical (unpaired) electrons. The summed E-state index contributed by atoms with van der Waals surface area (Å²) in [6, 6.07) is 13.1. The molecule has 0 unspecified atom stereocenters. The maximum absolute atomic E-state index is 14.6. The highest BCUT2D eigenvalue weighted by atomic mass is 19.1. The number of hydrogen-bond acceptors (Lipinski definition) is 6. The largest absolute Gasteiger partial charge is 0.494 e. The Morgan fingerprint density at radius 3 is 2.76 bits per heavy atom. The summed E-state index contributed by atoms with van der Waals surface area (Å²) in [5.74, 6) is 0.911. The molecule has 33 heavy (non-hydrogen) atoms. The Labute approximate surface area is 191 Å². The molecular formula is C25H27FN4O3. The first-order chi connectivity index (χ1) is 16.1. The highest BCUT2D eigenvalue weighted by Gasteiger charge is 2.40. The summed E-state index contributed by atoms with van der Waals surface area (Å²) in [7, 11) is 3.34. The Kier molecular flexibility index (Phi) is 5.76. The summed E-state index contributed by atoms with van der Waals surface area (Å²) < 4.78 is 25.5. The highest BCUT2D eigenvalue weighted by molar-refractivity contribution is 5.95. The van der Waals surface area contributed by atoms with E-state index in [0.29, 0.717) is 25.1 Å². The van der Waals surface area contributed by atoms with Crippen molar-refractivity contribution in [2.45, 2.75) is 12.5 Å². The Morgan fingerprint density at radius 1 is 1.21 bits per heavy atom. The zero-order valence-corrected chi connectivity index (χ0v) is 18.7. The maximum atomic E-state index is 14.6. The molecule has 8 heteroatoms. The highest BCUT2D eigenvalue weighted by Crippen LogP contribution is 2.38. The van der Waals surface area contributed by atoms with E-state index in [1.54, 1.807) is 6.07 Å². The Bertz CT molecular complexity index is 1170. The number of nitrogens with one attached hydrogen (secondary N) is 2. The van der Waals surface area contributed by atoms with Crippen LogP contribution in [-0.2, 0) is 4.79 Å². The lowest BCUT2D eigenvalue weighted by Gasteiger charge is -2.23. The number of fused-ring (bicyclic) bond motifs is 2.